The van der Waals surface area contributed by atoms with Crippen LogP contribution in [0.25, 0.3) is 11.4 Å². The van der Waals surface area contributed by atoms with Crippen molar-refractivity contribution in [3.05, 3.63) is 36.2 Å². The highest BCUT2D eigenvalue weighted by Crippen LogP contribution is 2.16. The van der Waals surface area contributed by atoms with Gasteiger partial charge in [-0.2, -0.15) is 5.10 Å². The lowest BCUT2D eigenvalue weighted by molar-refractivity contribution is 0.717. The number of unbranched alkanes of at least 4 members (excludes halogenated alkanes) is 2. The second-order valence-corrected chi connectivity index (χ2v) is 4.40. The summed E-state index contributed by atoms with van der Waals surface area (Å²) in [5.74, 6) is 0.799. The molecular formula is C14H19N3. The Balaban J connectivity index is 2.02. The highest BCUT2D eigenvalue weighted by molar-refractivity contribution is 5.54. The molecule has 1 aromatic heterocycles. The quantitative estimate of drug-likeness (QED) is 0.737. The summed E-state index contributed by atoms with van der Waals surface area (Å²) < 4.78 is 1.73. The van der Waals surface area contributed by atoms with E-state index in [2.05, 4.69) is 41.3 Å². The summed E-state index contributed by atoms with van der Waals surface area (Å²) in [6.45, 7) is 2.23. The van der Waals surface area contributed by atoms with E-state index in [0.29, 0.717) is 0 Å². The van der Waals surface area contributed by atoms with Crippen molar-refractivity contribution in [2.24, 2.45) is 7.05 Å². The monoisotopic (exact) mass is 229 g/mol. The Bertz CT molecular complexity index is 457. The number of benzene rings is 1. The van der Waals surface area contributed by atoms with Crippen LogP contribution in [0.2, 0.25) is 0 Å². The van der Waals surface area contributed by atoms with Gasteiger partial charge >= 0.3 is 0 Å². The van der Waals surface area contributed by atoms with Crippen LogP contribution in [0.4, 0.5) is 0 Å². The number of aryl methyl sites for hydroxylation is 2. The first kappa shape index (κ1) is 11.8. The minimum Gasteiger partial charge on any atom is -0.255 e. The van der Waals surface area contributed by atoms with Gasteiger partial charge in [0.25, 0.3) is 0 Å². The van der Waals surface area contributed by atoms with E-state index >= 15 is 0 Å². The lowest BCUT2D eigenvalue weighted by Crippen LogP contribution is -1.89. The Morgan fingerprint density at radius 2 is 1.88 bits per heavy atom. The molecule has 0 aliphatic carbocycles. The minimum absolute atomic E-state index is 0.799. The minimum atomic E-state index is 0.799. The molecule has 2 rings (SSSR count). The molecule has 0 unspecified atom stereocenters. The van der Waals surface area contributed by atoms with Gasteiger partial charge in [0.1, 0.15) is 6.33 Å². The summed E-state index contributed by atoms with van der Waals surface area (Å²) in [6, 6.07) is 8.58. The summed E-state index contributed by atoms with van der Waals surface area (Å²) in [7, 11) is 1.88. The zero-order valence-corrected chi connectivity index (χ0v) is 10.6. The van der Waals surface area contributed by atoms with Gasteiger partial charge in [0, 0.05) is 12.6 Å². The fraction of sp³-hybridized carbons (Fsp3) is 0.429. The number of hydrogen-bond acceptors (Lipinski definition) is 2. The average Bonchev–Trinajstić information content (AvgIpc) is 2.77. The predicted octanol–water partition coefficient (Wildman–Crippen LogP) is 3.21. The van der Waals surface area contributed by atoms with Crippen molar-refractivity contribution in [3.63, 3.8) is 0 Å². The number of hydrogen-bond donors (Lipinski definition) is 0. The SMILES string of the molecule is CCCCCc1ccc(-c2ncn(C)n2)cc1. The van der Waals surface area contributed by atoms with Gasteiger partial charge in [-0.25, -0.2) is 4.98 Å². The van der Waals surface area contributed by atoms with Crippen LogP contribution in [0, 0.1) is 0 Å². The lowest BCUT2D eigenvalue weighted by Gasteiger charge is -2.01. The Labute approximate surface area is 103 Å². The van der Waals surface area contributed by atoms with Crippen molar-refractivity contribution in [1.29, 1.82) is 0 Å². The zero-order valence-electron chi connectivity index (χ0n) is 10.6. The summed E-state index contributed by atoms with van der Waals surface area (Å²) >= 11 is 0. The van der Waals surface area contributed by atoms with Gasteiger partial charge in [-0.3, -0.25) is 4.68 Å². The van der Waals surface area contributed by atoms with Crippen LogP contribution in [0.1, 0.15) is 31.7 Å². The molecule has 0 atom stereocenters. The summed E-state index contributed by atoms with van der Waals surface area (Å²) in [4.78, 5) is 4.24. The Kier molecular flexibility index (Phi) is 3.91. The maximum Gasteiger partial charge on any atom is 0.181 e. The molecule has 3 nitrogen and oxygen atoms in total. The molecule has 0 aliphatic rings. The third kappa shape index (κ3) is 3.16. The van der Waals surface area contributed by atoms with Crippen LogP contribution in [0.15, 0.2) is 30.6 Å². The van der Waals surface area contributed by atoms with Crippen LogP contribution >= 0.6 is 0 Å². The molecule has 0 bridgehead atoms. The fourth-order valence-electron chi connectivity index (χ4n) is 1.87. The summed E-state index contributed by atoms with van der Waals surface area (Å²) in [5, 5.41) is 4.29. The van der Waals surface area contributed by atoms with E-state index in [1.807, 2.05) is 7.05 Å². The molecule has 0 saturated carbocycles. The lowest BCUT2D eigenvalue weighted by atomic mass is 10.1. The number of nitrogens with zero attached hydrogens (tertiary/aromatic N) is 3. The molecule has 1 heterocycles. The van der Waals surface area contributed by atoms with Gasteiger partial charge in [0.15, 0.2) is 5.82 Å². The Morgan fingerprint density at radius 1 is 1.12 bits per heavy atom. The highest BCUT2D eigenvalue weighted by atomic mass is 15.3. The van der Waals surface area contributed by atoms with Crippen molar-refractivity contribution in [3.8, 4) is 11.4 Å². The molecule has 0 radical (unpaired) electrons. The van der Waals surface area contributed by atoms with Crippen LogP contribution < -0.4 is 0 Å². The number of aromatic nitrogens is 3. The molecule has 0 amide bonds. The largest absolute Gasteiger partial charge is 0.255 e. The van der Waals surface area contributed by atoms with Gasteiger partial charge in [-0.1, -0.05) is 44.0 Å². The van der Waals surface area contributed by atoms with E-state index in [4.69, 9.17) is 0 Å². The van der Waals surface area contributed by atoms with E-state index in [9.17, 15) is 0 Å². The van der Waals surface area contributed by atoms with Gasteiger partial charge < -0.3 is 0 Å². The predicted molar refractivity (Wildman–Crippen MR) is 69.7 cm³/mol. The molecule has 0 saturated heterocycles. The van der Waals surface area contributed by atoms with E-state index in [-0.39, 0.29) is 0 Å². The molecule has 2 aromatic rings. The van der Waals surface area contributed by atoms with Crippen molar-refractivity contribution in [1.82, 2.24) is 14.8 Å². The smallest absolute Gasteiger partial charge is 0.181 e. The molecule has 17 heavy (non-hydrogen) atoms. The highest BCUT2D eigenvalue weighted by Gasteiger charge is 2.02. The average molecular weight is 229 g/mol. The maximum atomic E-state index is 4.29. The third-order valence-corrected chi connectivity index (χ3v) is 2.88. The molecule has 0 spiro atoms. The summed E-state index contributed by atoms with van der Waals surface area (Å²) in [5.41, 5.74) is 2.49. The molecule has 3 heteroatoms. The van der Waals surface area contributed by atoms with Gasteiger partial charge in [0.2, 0.25) is 0 Å². The van der Waals surface area contributed by atoms with Gasteiger partial charge in [-0.15, -0.1) is 0 Å². The first-order valence-electron chi connectivity index (χ1n) is 6.24. The second kappa shape index (κ2) is 5.62. The molecule has 90 valence electrons. The van der Waals surface area contributed by atoms with Crippen molar-refractivity contribution in [2.45, 2.75) is 32.6 Å². The van der Waals surface area contributed by atoms with Crippen LogP contribution in [-0.4, -0.2) is 14.8 Å². The first-order chi connectivity index (χ1) is 8.29. The van der Waals surface area contributed by atoms with E-state index < -0.39 is 0 Å². The molecule has 0 aliphatic heterocycles. The Morgan fingerprint density at radius 3 is 2.47 bits per heavy atom. The van der Waals surface area contributed by atoms with Gasteiger partial charge in [0.05, 0.1) is 0 Å². The summed E-state index contributed by atoms with van der Waals surface area (Å²) in [6.07, 6.45) is 6.76. The molecule has 1 aromatic carbocycles. The fourth-order valence-corrected chi connectivity index (χ4v) is 1.87. The second-order valence-electron chi connectivity index (χ2n) is 4.40. The van der Waals surface area contributed by atoms with E-state index in [1.54, 1.807) is 11.0 Å². The van der Waals surface area contributed by atoms with Crippen LogP contribution in [-0.2, 0) is 13.5 Å². The normalized spacial score (nSPS) is 10.7. The first-order valence-corrected chi connectivity index (χ1v) is 6.24. The van der Waals surface area contributed by atoms with Gasteiger partial charge in [-0.05, 0) is 18.4 Å². The number of rotatable bonds is 5. The molecular weight excluding hydrogens is 210 g/mol. The molecule has 0 N–H and O–H groups in total. The third-order valence-electron chi connectivity index (χ3n) is 2.88. The van der Waals surface area contributed by atoms with E-state index in [0.717, 1.165) is 11.4 Å². The van der Waals surface area contributed by atoms with E-state index in [1.165, 1.54) is 31.2 Å². The van der Waals surface area contributed by atoms with Crippen molar-refractivity contribution >= 4 is 0 Å². The van der Waals surface area contributed by atoms with Crippen LogP contribution in [0.3, 0.4) is 0 Å². The Hall–Kier alpha value is -1.64. The molecule has 0 fully saturated rings. The van der Waals surface area contributed by atoms with Crippen LogP contribution in [0.5, 0.6) is 0 Å². The maximum absolute atomic E-state index is 4.29. The standard InChI is InChI=1S/C14H19N3/c1-3-4-5-6-12-7-9-13(10-8-12)14-15-11-17(2)16-14/h7-11H,3-6H2,1-2H3. The van der Waals surface area contributed by atoms with Crippen molar-refractivity contribution in [2.75, 3.05) is 0 Å². The van der Waals surface area contributed by atoms with Crippen molar-refractivity contribution < 1.29 is 0 Å². The topological polar surface area (TPSA) is 30.7 Å². The zero-order chi connectivity index (χ0) is 12.1.